The highest BCUT2D eigenvalue weighted by Crippen LogP contribution is 2.25. The lowest BCUT2D eigenvalue weighted by Crippen LogP contribution is -2.40. The summed E-state index contributed by atoms with van der Waals surface area (Å²) in [5.74, 6) is 0. The van der Waals surface area contributed by atoms with Gasteiger partial charge in [0.05, 0.1) is 11.9 Å². The van der Waals surface area contributed by atoms with Gasteiger partial charge in [-0.05, 0) is 73.1 Å². The molecular formula is C23H25N3O2S. The molecule has 0 aliphatic heterocycles. The van der Waals surface area contributed by atoms with E-state index in [1.54, 1.807) is 18.2 Å². The highest BCUT2D eigenvalue weighted by atomic mass is 32.2. The Morgan fingerprint density at radius 3 is 2.90 bits per heavy atom. The van der Waals surface area contributed by atoms with Crippen LogP contribution < -0.4 is 10.0 Å². The average Bonchev–Trinajstić information content (AvgIpc) is 3.20. The smallest absolute Gasteiger partial charge is 0.133 e. The fourth-order valence-corrected chi connectivity index (χ4v) is 4.01. The zero-order chi connectivity index (χ0) is 20.3. The number of aromatic nitrogens is 1. The largest absolute Gasteiger partial charge is 0.464 e. The second kappa shape index (κ2) is 8.55. The second-order valence-corrected chi connectivity index (χ2v) is 8.49. The minimum atomic E-state index is -0.954. The van der Waals surface area contributed by atoms with Crippen molar-refractivity contribution >= 4 is 33.7 Å². The zero-order valence-corrected chi connectivity index (χ0v) is 17.4. The number of aliphatic hydroxyl groups is 1. The molecule has 4 rings (SSSR count). The highest BCUT2D eigenvalue weighted by Gasteiger charge is 2.23. The second-order valence-electron chi connectivity index (χ2n) is 7.58. The van der Waals surface area contributed by atoms with Gasteiger partial charge in [0.25, 0.3) is 0 Å². The number of nitrogens with one attached hydrogen (secondary N) is 2. The number of hydrogen-bond donors (Lipinski definition) is 3. The third kappa shape index (κ3) is 4.79. The standard InChI is InChI=1S/C23H25N3O2S/c1-16(26-29-21-5-3-19-14-24-9-7-17(19)12-21)13-25-15-23(2,27)20-4-6-22-18(11-20)8-10-28-22/h3-12,14,16,25-27H,13,15H2,1-2H3/t16-,23?/m1/s1. The number of nitrogens with zero attached hydrogens (tertiary/aromatic N) is 1. The molecule has 0 saturated carbocycles. The van der Waals surface area contributed by atoms with E-state index in [4.69, 9.17) is 4.42 Å². The quantitative estimate of drug-likeness (QED) is 0.375. The van der Waals surface area contributed by atoms with Crippen LogP contribution in [0.2, 0.25) is 0 Å². The van der Waals surface area contributed by atoms with Crippen molar-refractivity contribution in [1.82, 2.24) is 15.0 Å². The fourth-order valence-electron chi connectivity index (χ4n) is 3.27. The number of benzene rings is 2. The minimum Gasteiger partial charge on any atom is -0.464 e. The van der Waals surface area contributed by atoms with E-state index < -0.39 is 5.60 Å². The van der Waals surface area contributed by atoms with Crippen molar-refractivity contribution < 1.29 is 9.52 Å². The Morgan fingerprint density at radius 2 is 2.00 bits per heavy atom. The van der Waals surface area contributed by atoms with Crippen molar-refractivity contribution in [3.8, 4) is 0 Å². The predicted octanol–water partition coefficient (Wildman–Crippen LogP) is 4.46. The maximum atomic E-state index is 10.9. The molecule has 3 N–H and O–H groups in total. The molecular weight excluding hydrogens is 382 g/mol. The Bertz CT molecular complexity index is 1110. The molecule has 4 aromatic rings. The van der Waals surface area contributed by atoms with Gasteiger partial charge < -0.3 is 14.8 Å². The summed E-state index contributed by atoms with van der Waals surface area (Å²) in [5.41, 5.74) is 0.752. The lowest BCUT2D eigenvalue weighted by atomic mass is 9.95. The molecule has 0 bridgehead atoms. The van der Waals surface area contributed by atoms with Gasteiger partial charge in [-0.25, -0.2) is 0 Å². The normalized spacial score (nSPS) is 14.9. The van der Waals surface area contributed by atoms with E-state index in [1.165, 1.54) is 5.39 Å². The molecule has 2 heterocycles. The maximum absolute atomic E-state index is 10.9. The van der Waals surface area contributed by atoms with Gasteiger partial charge in [0.2, 0.25) is 0 Å². The van der Waals surface area contributed by atoms with Gasteiger partial charge in [-0.1, -0.05) is 12.1 Å². The molecule has 0 saturated heterocycles. The van der Waals surface area contributed by atoms with Crippen LogP contribution >= 0.6 is 11.9 Å². The Hall–Kier alpha value is -2.38. The summed E-state index contributed by atoms with van der Waals surface area (Å²) in [7, 11) is 0. The lowest BCUT2D eigenvalue weighted by molar-refractivity contribution is 0.0570. The molecule has 0 spiro atoms. The first-order valence-electron chi connectivity index (χ1n) is 9.68. The van der Waals surface area contributed by atoms with Crippen LogP contribution in [-0.2, 0) is 5.60 Å². The van der Waals surface area contributed by atoms with Crippen LogP contribution in [0.1, 0.15) is 19.4 Å². The van der Waals surface area contributed by atoms with E-state index in [0.29, 0.717) is 6.54 Å². The summed E-state index contributed by atoms with van der Waals surface area (Å²) in [6.45, 7) is 5.17. The highest BCUT2D eigenvalue weighted by molar-refractivity contribution is 7.97. The maximum Gasteiger partial charge on any atom is 0.133 e. The average molecular weight is 408 g/mol. The van der Waals surface area contributed by atoms with E-state index in [-0.39, 0.29) is 6.04 Å². The first kappa shape index (κ1) is 19.9. The predicted molar refractivity (Wildman–Crippen MR) is 119 cm³/mol. The Kier molecular flexibility index (Phi) is 5.87. The van der Waals surface area contributed by atoms with Crippen molar-refractivity contribution in [2.45, 2.75) is 30.4 Å². The van der Waals surface area contributed by atoms with Crippen molar-refractivity contribution in [3.05, 3.63) is 72.8 Å². The molecule has 2 aromatic heterocycles. The first-order chi connectivity index (χ1) is 14.0. The van der Waals surface area contributed by atoms with Crippen molar-refractivity contribution in [1.29, 1.82) is 0 Å². The Morgan fingerprint density at radius 1 is 1.10 bits per heavy atom. The molecule has 0 radical (unpaired) electrons. The van der Waals surface area contributed by atoms with Crippen LogP contribution in [0.15, 0.2) is 76.5 Å². The third-order valence-electron chi connectivity index (χ3n) is 4.98. The molecule has 5 nitrogen and oxygen atoms in total. The summed E-state index contributed by atoms with van der Waals surface area (Å²) in [4.78, 5) is 5.31. The molecule has 0 aliphatic rings. The van der Waals surface area contributed by atoms with E-state index in [0.717, 1.165) is 33.4 Å². The van der Waals surface area contributed by atoms with Gasteiger partial charge in [-0.2, -0.15) is 0 Å². The van der Waals surface area contributed by atoms with Gasteiger partial charge >= 0.3 is 0 Å². The van der Waals surface area contributed by atoms with Crippen LogP contribution in [0, 0.1) is 0 Å². The monoisotopic (exact) mass is 407 g/mol. The van der Waals surface area contributed by atoms with E-state index >= 15 is 0 Å². The van der Waals surface area contributed by atoms with E-state index in [2.05, 4.69) is 40.1 Å². The van der Waals surface area contributed by atoms with Crippen molar-refractivity contribution in [2.75, 3.05) is 13.1 Å². The topological polar surface area (TPSA) is 70.3 Å². The van der Waals surface area contributed by atoms with Crippen LogP contribution in [0.25, 0.3) is 21.7 Å². The minimum absolute atomic E-state index is 0.236. The third-order valence-corrected chi connectivity index (χ3v) is 5.99. The number of hydrogen-bond acceptors (Lipinski definition) is 6. The number of furan rings is 1. The van der Waals surface area contributed by atoms with E-state index in [9.17, 15) is 5.11 Å². The van der Waals surface area contributed by atoms with Crippen molar-refractivity contribution in [2.24, 2.45) is 0 Å². The molecule has 0 aliphatic carbocycles. The molecule has 6 heteroatoms. The lowest BCUT2D eigenvalue weighted by Gasteiger charge is -2.25. The number of pyridine rings is 1. The molecule has 1 unspecified atom stereocenters. The molecule has 0 amide bonds. The molecule has 0 fully saturated rings. The van der Waals surface area contributed by atoms with Crippen molar-refractivity contribution in [3.63, 3.8) is 0 Å². The summed E-state index contributed by atoms with van der Waals surface area (Å²) in [6.07, 6.45) is 5.35. The van der Waals surface area contributed by atoms with Crippen LogP contribution in [-0.4, -0.2) is 29.2 Å². The summed E-state index contributed by atoms with van der Waals surface area (Å²) >= 11 is 1.62. The first-order valence-corrected chi connectivity index (χ1v) is 10.5. The summed E-state index contributed by atoms with van der Waals surface area (Å²) < 4.78 is 8.83. The molecule has 2 atom stereocenters. The fraction of sp³-hybridized carbons (Fsp3) is 0.261. The van der Waals surface area contributed by atoms with Crippen LogP contribution in [0.5, 0.6) is 0 Å². The van der Waals surface area contributed by atoms with Gasteiger partial charge in [-0.15, -0.1) is 0 Å². The van der Waals surface area contributed by atoms with Gasteiger partial charge in [0, 0.05) is 47.2 Å². The molecule has 29 heavy (non-hydrogen) atoms. The molecule has 2 aromatic carbocycles. The van der Waals surface area contributed by atoms with Crippen LogP contribution in [0.3, 0.4) is 0 Å². The van der Waals surface area contributed by atoms with Gasteiger partial charge in [0.1, 0.15) is 5.58 Å². The van der Waals surface area contributed by atoms with E-state index in [1.807, 2.05) is 49.6 Å². The molecule has 150 valence electrons. The SMILES string of the molecule is C[C@H](CNCC(C)(O)c1ccc2occc2c1)NSc1ccc2cnccc2c1. The number of rotatable bonds is 8. The van der Waals surface area contributed by atoms with Gasteiger partial charge in [-0.3, -0.25) is 9.71 Å². The Balaban J connectivity index is 1.27. The summed E-state index contributed by atoms with van der Waals surface area (Å²) in [5, 5.41) is 17.6. The zero-order valence-electron chi connectivity index (χ0n) is 16.6. The van der Waals surface area contributed by atoms with Crippen LogP contribution in [0.4, 0.5) is 0 Å². The van der Waals surface area contributed by atoms with Gasteiger partial charge in [0.15, 0.2) is 0 Å². The summed E-state index contributed by atoms with van der Waals surface area (Å²) in [6, 6.07) is 16.3. The number of fused-ring (bicyclic) bond motifs is 2. The Labute approximate surface area is 174 Å².